The molecule has 0 saturated carbocycles. The number of rotatable bonds is 2. The number of H-pyrrole nitrogens is 1. The average molecular weight is 302 g/mol. The van der Waals surface area contributed by atoms with Gasteiger partial charge in [0.15, 0.2) is 4.77 Å². The van der Waals surface area contributed by atoms with E-state index in [4.69, 9.17) is 12.2 Å². The maximum Gasteiger partial charge on any atom is 0.416 e. The number of hydrogen-bond acceptors (Lipinski definition) is 1. The standard InChI is InChI=1S/C14H17F3N2S/c1-13(2,3)6-7-19-11-5-4-9(14(15,16)17)8-10(11)18-12(19)20/h4-5,8H,6-7H2,1-3H3,(H,18,20). The molecule has 2 nitrogen and oxygen atoms in total. The Balaban J connectivity index is 2.43. The molecule has 0 spiro atoms. The zero-order valence-electron chi connectivity index (χ0n) is 11.6. The fourth-order valence-electron chi connectivity index (χ4n) is 2.01. The van der Waals surface area contributed by atoms with Gasteiger partial charge in [0.05, 0.1) is 16.6 Å². The summed E-state index contributed by atoms with van der Waals surface area (Å²) in [4.78, 5) is 2.85. The number of imidazole rings is 1. The predicted molar refractivity (Wildman–Crippen MR) is 76.2 cm³/mol. The van der Waals surface area contributed by atoms with Crippen molar-refractivity contribution >= 4 is 23.3 Å². The topological polar surface area (TPSA) is 20.7 Å². The van der Waals surface area contributed by atoms with Crippen molar-refractivity contribution in [2.75, 3.05) is 0 Å². The lowest BCUT2D eigenvalue weighted by Gasteiger charge is -2.18. The molecule has 0 radical (unpaired) electrons. The summed E-state index contributed by atoms with van der Waals surface area (Å²) in [6.07, 6.45) is -3.44. The molecule has 1 aromatic heterocycles. The van der Waals surface area contributed by atoms with E-state index in [2.05, 4.69) is 25.8 Å². The Hall–Kier alpha value is -1.30. The highest BCUT2D eigenvalue weighted by Crippen LogP contribution is 2.31. The molecule has 0 bridgehead atoms. The number of aryl methyl sites for hydroxylation is 1. The highest BCUT2D eigenvalue weighted by molar-refractivity contribution is 7.71. The molecule has 1 aromatic carbocycles. The monoisotopic (exact) mass is 302 g/mol. The second-order valence-corrected chi connectivity index (χ2v) is 6.51. The summed E-state index contributed by atoms with van der Waals surface area (Å²) in [5, 5.41) is 0. The molecule has 2 rings (SSSR count). The van der Waals surface area contributed by atoms with Crippen molar-refractivity contribution in [3.8, 4) is 0 Å². The Bertz CT molecular complexity index is 674. The number of nitrogens with zero attached hydrogens (tertiary/aromatic N) is 1. The molecule has 0 aliphatic heterocycles. The minimum absolute atomic E-state index is 0.143. The first kappa shape index (κ1) is 15.1. The third-order valence-electron chi connectivity index (χ3n) is 3.19. The van der Waals surface area contributed by atoms with Crippen molar-refractivity contribution in [2.24, 2.45) is 5.41 Å². The Morgan fingerprint density at radius 3 is 2.40 bits per heavy atom. The quantitative estimate of drug-likeness (QED) is 0.760. The van der Waals surface area contributed by atoms with E-state index in [9.17, 15) is 13.2 Å². The lowest BCUT2D eigenvalue weighted by molar-refractivity contribution is -0.137. The first-order valence-corrected chi connectivity index (χ1v) is 6.78. The lowest BCUT2D eigenvalue weighted by Crippen LogP contribution is -2.10. The van der Waals surface area contributed by atoms with Gasteiger partial charge >= 0.3 is 6.18 Å². The first-order chi connectivity index (χ1) is 9.08. The molecule has 0 saturated heterocycles. The number of alkyl halides is 3. The van der Waals surface area contributed by atoms with E-state index in [0.29, 0.717) is 22.3 Å². The third kappa shape index (κ3) is 3.23. The normalized spacial score (nSPS) is 13.1. The molecule has 110 valence electrons. The van der Waals surface area contributed by atoms with Crippen LogP contribution in [0.2, 0.25) is 0 Å². The van der Waals surface area contributed by atoms with Crippen molar-refractivity contribution < 1.29 is 13.2 Å². The molecule has 0 amide bonds. The summed E-state index contributed by atoms with van der Waals surface area (Å²) in [5.74, 6) is 0. The number of aromatic amines is 1. The van der Waals surface area contributed by atoms with Gasteiger partial charge in [-0.2, -0.15) is 13.2 Å². The molecular weight excluding hydrogens is 285 g/mol. The van der Waals surface area contributed by atoms with Crippen LogP contribution in [-0.2, 0) is 12.7 Å². The predicted octanol–water partition coefficient (Wildman–Crippen LogP) is 5.15. The summed E-state index contributed by atoms with van der Waals surface area (Å²) < 4.78 is 40.4. The minimum Gasteiger partial charge on any atom is -0.331 e. The first-order valence-electron chi connectivity index (χ1n) is 6.38. The fraction of sp³-hybridized carbons (Fsp3) is 0.500. The Morgan fingerprint density at radius 2 is 1.85 bits per heavy atom. The maximum absolute atomic E-state index is 12.7. The van der Waals surface area contributed by atoms with Gasteiger partial charge in [0.1, 0.15) is 0 Å². The molecule has 1 N–H and O–H groups in total. The SMILES string of the molecule is CC(C)(C)CCn1c(=S)[nH]c2cc(C(F)(F)F)ccc21. The van der Waals surface area contributed by atoms with Crippen LogP contribution in [0, 0.1) is 10.2 Å². The van der Waals surface area contributed by atoms with Crippen molar-refractivity contribution in [1.82, 2.24) is 9.55 Å². The van der Waals surface area contributed by atoms with Crippen LogP contribution in [-0.4, -0.2) is 9.55 Å². The molecule has 1 heterocycles. The van der Waals surface area contributed by atoms with Gasteiger partial charge in [-0.1, -0.05) is 20.8 Å². The summed E-state index contributed by atoms with van der Waals surface area (Å²) in [6, 6.07) is 3.68. The number of hydrogen-bond donors (Lipinski definition) is 1. The van der Waals surface area contributed by atoms with Crippen LogP contribution in [0.3, 0.4) is 0 Å². The largest absolute Gasteiger partial charge is 0.416 e. The van der Waals surface area contributed by atoms with Gasteiger partial charge in [-0.05, 0) is 42.3 Å². The van der Waals surface area contributed by atoms with Gasteiger partial charge in [0.2, 0.25) is 0 Å². The zero-order valence-corrected chi connectivity index (χ0v) is 12.5. The molecule has 0 aliphatic rings. The highest BCUT2D eigenvalue weighted by Gasteiger charge is 2.30. The van der Waals surface area contributed by atoms with E-state index in [1.165, 1.54) is 6.07 Å². The van der Waals surface area contributed by atoms with Crippen molar-refractivity contribution in [2.45, 2.75) is 39.9 Å². The van der Waals surface area contributed by atoms with Gasteiger partial charge in [-0.3, -0.25) is 0 Å². The minimum atomic E-state index is -4.34. The lowest BCUT2D eigenvalue weighted by atomic mass is 9.92. The van der Waals surface area contributed by atoms with Crippen LogP contribution in [0.15, 0.2) is 18.2 Å². The van der Waals surface area contributed by atoms with E-state index in [-0.39, 0.29) is 5.41 Å². The molecule has 0 fully saturated rings. The number of aromatic nitrogens is 2. The van der Waals surface area contributed by atoms with Gasteiger partial charge in [0.25, 0.3) is 0 Å². The van der Waals surface area contributed by atoms with Crippen molar-refractivity contribution in [3.05, 3.63) is 28.5 Å². The van der Waals surface area contributed by atoms with Crippen LogP contribution in [0.4, 0.5) is 13.2 Å². The molecule has 2 aromatic rings. The van der Waals surface area contributed by atoms with E-state index in [0.717, 1.165) is 18.6 Å². The highest BCUT2D eigenvalue weighted by atomic mass is 32.1. The Morgan fingerprint density at radius 1 is 1.20 bits per heavy atom. The zero-order chi connectivity index (χ0) is 15.1. The molecular formula is C14H17F3N2S. The molecule has 0 atom stereocenters. The fourth-order valence-corrected chi connectivity index (χ4v) is 2.31. The number of halogens is 3. The molecule has 0 aliphatic carbocycles. The van der Waals surface area contributed by atoms with Gasteiger partial charge in [0, 0.05) is 6.54 Å². The number of nitrogens with one attached hydrogen (secondary N) is 1. The third-order valence-corrected chi connectivity index (χ3v) is 3.51. The van der Waals surface area contributed by atoms with Crippen LogP contribution in [0.1, 0.15) is 32.8 Å². The van der Waals surface area contributed by atoms with Gasteiger partial charge in [-0.15, -0.1) is 0 Å². The molecule has 6 heteroatoms. The molecule has 20 heavy (non-hydrogen) atoms. The number of fused-ring (bicyclic) bond motifs is 1. The van der Waals surface area contributed by atoms with Gasteiger partial charge in [-0.25, -0.2) is 0 Å². The van der Waals surface area contributed by atoms with E-state index >= 15 is 0 Å². The van der Waals surface area contributed by atoms with Gasteiger partial charge < -0.3 is 9.55 Å². The summed E-state index contributed by atoms with van der Waals surface area (Å²) >= 11 is 5.20. The second kappa shape index (κ2) is 4.91. The van der Waals surface area contributed by atoms with Crippen molar-refractivity contribution in [1.29, 1.82) is 0 Å². The Labute approximate surface area is 120 Å². The van der Waals surface area contributed by atoms with Crippen LogP contribution in [0.25, 0.3) is 11.0 Å². The maximum atomic E-state index is 12.7. The van der Waals surface area contributed by atoms with Crippen LogP contribution >= 0.6 is 12.2 Å². The smallest absolute Gasteiger partial charge is 0.331 e. The van der Waals surface area contributed by atoms with E-state index in [1.807, 2.05) is 4.57 Å². The average Bonchev–Trinajstić information content (AvgIpc) is 2.58. The van der Waals surface area contributed by atoms with Crippen LogP contribution < -0.4 is 0 Å². The summed E-state index contributed by atoms with van der Waals surface area (Å²) in [7, 11) is 0. The second-order valence-electron chi connectivity index (χ2n) is 6.12. The van der Waals surface area contributed by atoms with Crippen molar-refractivity contribution in [3.63, 3.8) is 0 Å². The Kier molecular flexibility index (Phi) is 3.71. The van der Waals surface area contributed by atoms with Crippen LogP contribution in [0.5, 0.6) is 0 Å². The van der Waals surface area contributed by atoms with E-state index < -0.39 is 11.7 Å². The molecule has 0 unspecified atom stereocenters. The number of benzene rings is 1. The summed E-state index contributed by atoms with van der Waals surface area (Å²) in [6.45, 7) is 7.04. The van der Waals surface area contributed by atoms with E-state index in [1.54, 1.807) is 0 Å². The summed E-state index contributed by atoms with van der Waals surface area (Å²) in [5.41, 5.74) is 0.625.